The zero-order valence-electron chi connectivity index (χ0n) is 12.7. The Morgan fingerprint density at radius 3 is 2.74 bits per heavy atom. The summed E-state index contributed by atoms with van der Waals surface area (Å²) < 4.78 is 13.6. The van der Waals surface area contributed by atoms with Gasteiger partial charge in [-0.2, -0.15) is 0 Å². The number of rotatable bonds is 3. The SMILES string of the molecule is C[C@@H]1CN(C2CCN(c3ccc(Cl)c(F)c3)C2=O)C[C@H]1C(=O)O. The number of carboxylic acids is 1. The van der Waals surface area contributed by atoms with E-state index in [1.165, 1.54) is 12.1 Å². The van der Waals surface area contributed by atoms with Gasteiger partial charge >= 0.3 is 5.97 Å². The van der Waals surface area contributed by atoms with Gasteiger partial charge in [-0.05, 0) is 30.5 Å². The Bertz CT molecular complexity index is 654. The molecule has 2 aliphatic heterocycles. The van der Waals surface area contributed by atoms with Gasteiger partial charge in [-0.1, -0.05) is 18.5 Å². The number of hydrogen-bond acceptors (Lipinski definition) is 3. The molecule has 0 aromatic heterocycles. The predicted molar refractivity (Wildman–Crippen MR) is 84.0 cm³/mol. The summed E-state index contributed by atoms with van der Waals surface area (Å²) in [7, 11) is 0. The van der Waals surface area contributed by atoms with E-state index < -0.39 is 17.7 Å². The number of nitrogens with zero attached hydrogens (tertiary/aromatic N) is 2. The standard InChI is InChI=1S/C16H18ClFN2O3/c1-9-7-19(8-11(9)16(22)23)14-4-5-20(15(14)21)10-2-3-12(17)13(18)6-10/h2-3,6,9,11,14H,4-5,7-8H2,1H3,(H,22,23)/t9-,11-,14?/m1/s1. The van der Waals surface area contributed by atoms with E-state index >= 15 is 0 Å². The first-order valence-electron chi connectivity index (χ1n) is 7.61. The lowest BCUT2D eigenvalue weighted by atomic mass is 9.99. The van der Waals surface area contributed by atoms with Crippen LogP contribution in [-0.2, 0) is 9.59 Å². The van der Waals surface area contributed by atoms with E-state index in [4.69, 9.17) is 11.6 Å². The number of likely N-dealkylation sites (tertiary alicyclic amines) is 1. The van der Waals surface area contributed by atoms with Crippen LogP contribution in [0.5, 0.6) is 0 Å². The predicted octanol–water partition coefficient (Wildman–Crippen LogP) is 2.24. The molecule has 2 heterocycles. The van der Waals surface area contributed by atoms with E-state index in [-0.39, 0.29) is 22.9 Å². The molecule has 23 heavy (non-hydrogen) atoms. The Morgan fingerprint density at radius 1 is 1.39 bits per heavy atom. The molecule has 0 spiro atoms. The third-order valence-electron chi connectivity index (χ3n) is 4.79. The van der Waals surface area contributed by atoms with Gasteiger partial charge in [0.25, 0.3) is 0 Å². The lowest BCUT2D eigenvalue weighted by Gasteiger charge is -2.23. The monoisotopic (exact) mass is 340 g/mol. The van der Waals surface area contributed by atoms with E-state index in [0.29, 0.717) is 31.7 Å². The van der Waals surface area contributed by atoms with Crippen LogP contribution in [0, 0.1) is 17.7 Å². The van der Waals surface area contributed by atoms with Gasteiger partial charge in [0.1, 0.15) is 5.82 Å². The fraction of sp³-hybridized carbons (Fsp3) is 0.500. The minimum Gasteiger partial charge on any atom is -0.481 e. The summed E-state index contributed by atoms with van der Waals surface area (Å²) in [5.74, 6) is -1.90. The maximum absolute atomic E-state index is 13.6. The average molecular weight is 341 g/mol. The van der Waals surface area contributed by atoms with Crippen LogP contribution in [0.1, 0.15) is 13.3 Å². The van der Waals surface area contributed by atoms with Crippen LogP contribution in [0.3, 0.4) is 0 Å². The Hall–Kier alpha value is -1.66. The molecule has 7 heteroatoms. The van der Waals surface area contributed by atoms with Gasteiger partial charge in [0.2, 0.25) is 5.91 Å². The van der Waals surface area contributed by atoms with Gasteiger partial charge < -0.3 is 10.0 Å². The van der Waals surface area contributed by atoms with Crippen LogP contribution in [0.2, 0.25) is 5.02 Å². The highest BCUT2D eigenvalue weighted by molar-refractivity contribution is 6.30. The molecule has 1 aromatic rings. The number of carbonyl (C=O) groups excluding carboxylic acids is 1. The second-order valence-electron chi connectivity index (χ2n) is 6.27. The maximum atomic E-state index is 13.6. The molecule has 0 aliphatic carbocycles. The van der Waals surface area contributed by atoms with Gasteiger partial charge in [-0.15, -0.1) is 0 Å². The minimum absolute atomic E-state index is 0.0160. The minimum atomic E-state index is -0.818. The average Bonchev–Trinajstić information content (AvgIpc) is 3.05. The zero-order chi connectivity index (χ0) is 16.7. The summed E-state index contributed by atoms with van der Waals surface area (Å²) in [4.78, 5) is 27.4. The number of aliphatic carboxylic acids is 1. The van der Waals surface area contributed by atoms with Crippen molar-refractivity contribution >= 4 is 29.2 Å². The Morgan fingerprint density at radius 2 is 2.13 bits per heavy atom. The molecule has 124 valence electrons. The third-order valence-corrected chi connectivity index (χ3v) is 5.10. The number of halogens is 2. The molecular formula is C16H18ClFN2O3. The van der Waals surface area contributed by atoms with Crippen LogP contribution < -0.4 is 4.90 Å². The largest absolute Gasteiger partial charge is 0.481 e. The molecule has 2 fully saturated rings. The number of benzene rings is 1. The van der Waals surface area contributed by atoms with Crippen molar-refractivity contribution in [3.63, 3.8) is 0 Å². The molecule has 1 amide bonds. The molecule has 0 radical (unpaired) electrons. The summed E-state index contributed by atoms with van der Waals surface area (Å²) in [6.07, 6.45) is 0.613. The quantitative estimate of drug-likeness (QED) is 0.916. The van der Waals surface area contributed by atoms with E-state index in [0.717, 1.165) is 0 Å². The van der Waals surface area contributed by atoms with Gasteiger partial charge in [0.05, 0.1) is 17.0 Å². The topological polar surface area (TPSA) is 60.9 Å². The first-order chi connectivity index (χ1) is 10.9. The van der Waals surface area contributed by atoms with Crippen molar-refractivity contribution in [3.05, 3.63) is 29.0 Å². The molecule has 2 saturated heterocycles. The van der Waals surface area contributed by atoms with Crippen LogP contribution >= 0.6 is 11.6 Å². The summed E-state index contributed by atoms with van der Waals surface area (Å²) in [6, 6.07) is 3.99. The van der Waals surface area contributed by atoms with E-state index in [1.54, 1.807) is 11.0 Å². The maximum Gasteiger partial charge on any atom is 0.308 e. The highest BCUT2D eigenvalue weighted by atomic mass is 35.5. The van der Waals surface area contributed by atoms with Crippen molar-refractivity contribution in [2.24, 2.45) is 11.8 Å². The van der Waals surface area contributed by atoms with Crippen molar-refractivity contribution in [2.45, 2.75) is 19.4 Å². The highest BCUT2D eigenvalue weighted by Gasteiger charge is 2.43. The van der Waals surface area contributed by atoms with Crippen LogP contribution in [0.15, 0.2) is 18.2 Å². The molecule has 1 N–H and O–H groups in total. The molecule has 0 bridgehead atoms. The number of carbonyl (C=O) groups is 2. The van der Waals surface area contributed by atoms with Crippen molar-refractivity contribution in [1.82, 2.24) is 4.90 Å². The van der Waals surface area contributed by atoms with Crippen LogP contribution in [0.4, 0.5) is 10.1 Å². The molecule has 3 atom stereocenters. The Kier molecular flexibility index (Phi) is 4.29. The van der Waals surface area contributed by atoms with Gasteiger partial charge in [-0.3, -0.25) is 14.5 Å². The first-order valence-corrected chi connectivity index (χ1v) is 7.99. The van der Waals surface area contributed by atoms with Crippen molar-refractivity contribution in [1.29, 1.82) is 0 Å². The molecule has 3 rings (SSSR count). The normalized spacial score (nSPS) is 28.6. The molecule has 5 nitrogen and oxygen atoms in total. The van der Waals surface area contributed by atoms with E-state index in [1.807, 2.05) is 11.8 Å². The second-order valence-corrected chi connectivity index (χ2v) is 6.68. The molecule has 0 saturated carbocycles. The van der Waals surface area contributed by atoms with E-state index in [2.05, 4.69) is 0 Å². The molecule has 1 unspecified atom stereocenters. The fourth-order valence-electron chi connectivity index (χ4n) is 3.49. The number of hydrogen-bond donors (Lipinski definition) is 1. The first kappa shape index (κ1) is 16.2. The van der Waals surface area contributed by atoms with Gasteiger partial charge in [0.15, 0.2) is 0 Å². The lowest BCUT2D eigenvalue weighted by molar-refractivity contribution is -0.142. The number of anilines is 1. The Balaban J connectivity index is 1.74. The summed E-state index contributed by atoms with van der Waals surface area (Å²) in [5.41, 5.74) is 0.487. The number of carboxylic acid groups (broad SMARTS) is 1. The Labute approximate surface area is 138 Å². The van der Waals surface area contributed by atoms with Crippen LogP contribution in [0.25, 0.3) is 0 Å². The third kappa shape index (κ3) is 2.93. The summed E-state index contributed by atoms with van der Waals surface area (Å²) in [6.45, 7) is 3.36. The van der Waals surface area contributed by atoms with Gasteiger partial charge in [0, 0.05) is 25.3 Å². The molecule has 1 aromatic carbocycles. The summed E-state index contributed by atoms with van der Waals surface area (Å²) >= 11 is 5.68. The van der Waals surface area contributed by atoms with Gasteiger partial charge in [-0.25, -0.2) is 4.39 Å². The van der Waals surface area contributed by atoms with Crippen LogP contribution in [-0.4, -0.2) is 47.6 Å². The lowest BCUT2D eigenvalue weighted by Crippen LogP contribution is -2.41. The van der Waals surface area contributed by atoms with Crippen molar-refractivity contribution < 1.29 is 19.1 Å². The van der Waals surface area contributed by atoms with Crippen molar-refractivity contribution in [3.8, 4) is 0 Å². The smallest absolute Gasteiger partial charge is 0.308 e. The van der Waals surface area contributed by atoms with E-state index in [9.17, 15) is 19.1 Å². The summed E-state index contributed by atoms with van der Waals surface area (Å²) in [5, 5.41) is 9.24. The molecule has 2 aliphatic rings. The zero-order valence-corrected chi connectivity index (χ0v) is 13.5. The highest BCUT2D eigenvalue weighted by Crippen LogP contribution is 2.31. The number of amides is 1. The fourth-order valence-corrected chi connectivity index (χ4v) is 3.61. The molecular weight excluding hydrogens is 323 g/mol. The van der Waals surface area contributed by atoms with Crippen molar-refractivity contribution in [2.75, 3.05) is 24.5 Å². The second kappa shape index (κ2) is 6.09.